The van der Waals surface area contributed by atoms with Crippen LogP contribution >= 0.6 is 12.2 Å². The van der Waals surface area contributed by atoms with Crippen LogP contribution in [0.25, 0.3) is 28.2 Å². The number of carbonyl (C=O) groups is 1. The highest BCUT2D eigenvalue weighted by molar-refractivity contribution is 7.71. The van der Waals surface area contributed by atoms with Gasteiger partial charge in [-0.15, -0.1) is 0 Å². The number of aromatic amines is 1. The van der Waals surface area contributed by atoms with Crippen LogP contribution in [-0.4, -0.2) is 34.7 Å². The van der Waals surface area contributed by atoms with E-state index in [1.807, 2.05) is 0 Å². The molecule has 0 amide bonds. The van der Waals surface area contributed by atoms with Gasteiger partial charge in [0, 0.05) is 0 Å². The number of rotatable bonds is 4. The third kappa shape index (κ3) is 3.11. The van der Waals surface area contributed by atoms with E-state index in [9.17, 15) is 9.59 Å². The molecule has 3 aromatic heterocycles. The number of hydrogen-bond acceptors (Lipinski definition) is 7. The van der Waals surface area contributed by atoms with Crippen LogP contribution in [0.2, 0.25) is 0 Å². The second kappa shape index (κ2) is 7.36. The summed E-state index contributed by atoms with van der Waals surface area (Å²) in [6.07, 6.45) is 1.49. The van der Waals surface area contributed by atoms with E-state index in [2.05, 4.69) is 9.97 Å². The number of fused-ring (bicyclic) bond motifs is 1. The molecule has 0 spiro atoms. The van der Waals surface area contributed by atoms with Gasteiger partial charge in [-0.1, -0.05) is 12.1 Å². The van der Waals surface area contributed by atoms with Crippen molar-refractivity contribution in [1.82, 2.24) is 14.5 Å². The number of ether oxygens (including phenoxy) is 2. The molecule has 0 saturated carbocycles. The lowest BCUT2D eigenvalue weighted by Gasteiger charge is -2.15. The summed E-state index contributed by atoms with van der Waals surface area (Å²) in [5, 5.41) is 0.0478. The zero-order valence-corrected chi connectivity index (χ0v) is 16.3. The van der Waals surface area contributed by atoms with Crippen LogP contribution in [0.5, 0.6) is 5.75 Å². The highest BCUT2D eigenvalue weighted by Gasteiger charge is 2.22. The number of furan rings is 1. The first-order chi connectivity index (χ1) is 14.0. The van der Waals surface area contributed by atoms with Gasteiger partial charge in [0.2, 0.25) is 0 Å². The smallest absolute Gasteiger partial charge is 0.338 e. The minimum atomic E-state index is -0.681. The summed E-state index contributed by atoms with van der Waals surface area (Å²) in [7, 11) is 2.77. The maximum Gasteiger partial charge on any atom is 0.338 e. The molecule has 3 heterocycles. The van der Waals surface area contributed by atoms with Gasteiger partial charge in [0.1, 0.15) is 11.4 Å². The number of methoxy groups -OCH3 is 2. The number of hydrogen-bond donors (Lipinski definition) is 1. The molecular weight excluding hydrogens is 394 g/mol. The van der Waals surface area contributed by atoms with Gasteiger partial charge in [-0.3, -0.25) is 14.3 Å². The Kier molecular flexibility index (Phi) is 4.73. The Morgan fingerprint density at radius 2 is 2.00 bits per heavy atom. The first-order valence-corrected chi connectivity index (χ1v) is 8.91. The van der Waals surface area contributed by atoms with Gasteiger partial charge < -0.3 is 13.9 Å². The predicted octanol–water partition coefficient (Wildman–Crippen LogP) is 3.50. The average molecular weight is 409 g/mol. The van der Waals surface area contributed by atoms with Crippen LogP contribution in [0.1, 0.15) is 10.4 Å². The highest BCUT2D eigenvalue weighted by atomic mass is 32.1. The van der Waals surface area contributed by atoms with Crippen molar-refractivity contribution in [3.8, 4) is 22.9 Å². The zero-order chi connectivity index (χ0) is 20.5. The van der Waals surface area contributed by atoms with E-state index in [0.29, 0.717) is 22.9 Å². The predicted molar refractivity (Wildman–Crippen MR) is 108 cm³/mol. The second-order valence-corrected chi connectivity index (χ2v) is 6.38. The van der Waals surface area contributed by atoms with Gasteiger partial charge >= 0.3 is 5.97 Å². The number of aromatic nitrogens is 3. The molecule has 4 aromatic rings. The van der Waals surface area contributed by atoms with Crippen LogP contribution in [0.4, 0.5) is 0 Å². The molecule has 0 radical (unpaired) electrons. The van der Waals surface area contributed by atoms with Crippen molar-refractivity contribution in [2.24, 2.45) is 0 Å². The average Bonchev–Trinajstić information content (AvgIpc) is 3.27. The van der Waals surface area contributed by atoms with E-state index in [0.717, 1.165) is 0 Å². The number of carbonyl (C=O) groups excluding carboxylic acids is 1. The summed E-state index contributed by atoms with van der Waals surface area (Å²) < 4.78 is 17.4. The molecule has 4 rings (SSSR count). The Morgan fingerprint density at radius 1 is 1.21 bits per heavy atom. The highest BCUT2D eigenvalue weighted by Crippen LogP contribution is 2.28. The van der Waals surface area contributed by atoms with E-state index < -0.39 is 11.5 Å². The fourth-order valence-corrected chi connectivity index (χ4v) is 3.37. The molecule has 1 N–H and O–H groups in total. The van der Waals surface area contributed by atoms with E-state index in [1.165, 1.54) is 26.5 Å². The largest absolute Gasteiger partial charge is 0.495 e. The Labute approximate surface area is 169 Å². The number of para-hydroxylation sites is 2. The molecule has 0 aliphatic rings. The minimum absolute atomic E-state index is 0.0452. The molecule has 0 unspecified atom stereocenters. The van der Waals surface area contributed by atoms with Crippen LogP contribution in [0.3, 0.4) is 0 Å². The number of nitrogens with one attached hydrogen (secondary N) is 1. The third-order valence-electron chi connectivity index (χ3n) is 4.37. The van der Waals surface area contributed by atoms with Gasteiger partial charge in [-0.2, -0.15) is 0 Å². The number of benzene rings is 1. The van der Waals surface area contributed by atoms with Gasteiger partial charge in [0.25, 0.3) is 5.56 Å². The molecule has 0 fully saturated rings. The molecule has 146 valence electrons. The van der Waals surface area contributed by atoms with Gasteiger partial charge in [-0.05, 0) is 42.5 Å². The maximum absolute atomic E-state index is 12.7. The van der Waals surface area contributed by atoms with Gasteiger partial charge in [0.05, 0.1) is 37.1 Å². The number of nitrogens with zero attached hydrogens (tertiary/aromatic N) is 2. The lowest BCUT2D eigenvalue weighted by Crippen LogP contribution is -2.19. The summed E-state index contributed by atoms with van der Waals surface area (Å²) >= 11 is 5.41. The number of esters is 1. The summed E-state index contributed by atoms with van der Waals surface area (Å²) in [4.78, 5) is 32.4. The summed E-state index contributed by atoms with van der Waals surface area (Å²) in [5.41, 5.74) is 0.587. The Morgan fingerprint density at radius 3 is 2.69 bits per heavy atom. The molecular formula is C20H15N3O5S. The van der Waals surface area contributed by atoms with Crippen molar-refractivity contribution in [1.29, 1.82) is 0 Å². The van der Waals surface area contributed by atoms with E-state index in [4.69, 9.17) is 26.1 Å². The first-order valence-electron chi connectivity index (χ1n) is 8.51. The fraction of sp³-hybridized carbons (Fsp3) is 0.100. The first kappa shape index (κ1) is 18.6. The topological polar surface area (TPSA) is 99.4 Å². The van der Waals surface area contributed by atoms with Crippen molar-refractivity contribution < 1.29 is 18.7 Å². The molecule has 0 saturated heterocycles. The second-order valence-electron chi connectivity index (χ2n) is 5.99. The standard InChI is InChI=1S/C20H15N3O5S/c1-26-15-7-4-3-6-13(15)23-17-16(18(24)22-20(23)29)11(19(25)27-2)10-12(21-17)14-8-5-9-28-14/h3-10H,1-2H3,(H,22,24,29). The van der Waals surface area contributed by atoms with Gasteiger partial charge in [0.15, 0.2) is 16.2 Å². The molecule has 9 heteroatoms. The van der Waals surface area contributed by atoms with Crippen molar-refractivity contribution in [3.63, 3.8) is 0 Å². The van der Waals surface area contributed by atoms with Crippen molar-refractivity contribution >= 4 is 29.2 Å². The summed E-state index contributed by atoms with van der Waals surface area (Å²) in [6, 6.07) is 12.0. The number of H-pyrrole nitrogens is 1. The lowest BCUT2D eigenvalue weighted by molar-refractivity contribution is 0.0603. The van der Waals surface area contributed by atoms with E-state index in [-0.39, 0.29) is 21.4 Å². The normalized spacial score (nSPS) is 10.8. The van der Waals surface area contributed by atoms with Crippen LogP contribution in [-0.2, 0) is 4.74 Å². The molecule has 0 bridgehead atoms. The molecule has 1 aromatic carbocycles. The Bertz CT molecular complexity index is 1340. The zero-order valence-electron chi connectivity index (χ0n) is 15.5. The minimum Gasteiger partial charge on any atom is -0.495 e. The molecule has 29 heavy (non-hydrogen) atoms. The van der Waals surface area contributed by atoms with Gasteiger partial charge in [-0.25, -0.2) is 9.78 Å². The Hall–Kier alpha value is -3.72. The Balaban J connectivity index is 2.20. The fourth-order valence-electron chi connectivity index (χ4n) is 3.09. The molecule has 8 nitrogen and oxygen atoms in total. The van der Waals surface area contributed by atoms with Crippen molar-refractivity contribution in [2.75, 3.05) is 14.2 Å². The summed E-state index contributed by atoms with van der Waals surface area (Å²) in [5.74, 6) is 0.260. The van der Waals surface area contributed by atoms with Crippen molar-refractivity contribution in [2.45, 2.75) is 0 Å². The molecule has 0 aliphatic carbocycles. The third-order valence-corrected chi connectivity index (χ3v) is 4.65. The monoisotopic (exact) mass is 409 g/mol. The number of pyridine rings is 1. The molecule has 0 aliphatic heterocycles. The molecule has 0 atom stereocenters. The SMILES string of the molecule is COC(=O)c1cc(-c2ccco2)nc2c1c(=O)[nH]c(=S)n2-c1ccccc1OC. The van der Waals surface area contributed by atoms with Crippen LogP contribution < -0.4 is 10.3 Å². The maximum atomic E-state index is 12.7. The lowest BCUT2D eigenvalue weighted by atomic mass is 10.1. The van der Waals surface area contributed by atoms with E-state index >= 15 is 0 Å². The van der Waals surface area contributed by atoms with Crippen LogP contribution in [0, 0.1) is 4.77 Å². The van der Waals surface area contributed by atoms with Crippen LogP contribution in [0.15, 0.2) is 57.9 Å². The van der Waals surface area contributed by atoms with Crippen molar-refractivity contribution in [3.05, 3.63) is 69.4 Å². The quantitative estimate of drug-likeness (QED) is 0.407. The summed E-state index contributed by atoms with van der Waals surface area (Å²) in [6.45, 7) is 0. The van der Waals surface area contributed by atoms with E-state index in [1.54, 1.807) is 41.0 Å².